The lowest BCUT2D eigenvalue weighted by Crippen LogP contribution is -2.19. The first-order chi connectivity index (χ1) is 17.0. The summed E-state index contributed by atoms with van der Waals surface area (Å²) in [5, 5.41) is 7.74. The minimum atomic E-state index is -0.472. The Hall–Kier alpha value is -3.62. The van der Waals surface area contributed by atoms with Crippen molar-refractivity contribution in [1.29, 1.82) is 0 Å². The number of carbonyl (C=O) groups is 2. The first-order valence-corrected chi connectivity index (χ1v) is 12.9. The fourth-order valence-corrected chi connectivity index (χ4v) is 5.13. The van der Waals surface area contributed by atoms with Gasteiger partial charge in [0.05, 0.1) is 12.3 Å². The zero-order valence-corrected chi connectivity index (χ0v) is 21.0. The number of carbonyl (C=O) groups excluding carboxylic acids is 2. The lowest BCUT2D eigenvalue weighted by atomic mass is 10.1. The van der Waals surface area contributed by atoms with E-state index in [-0.39, 0.29) is 11.8 Å². The lowest BCUT2D eigenvalue weighted by molar-refractivity contribution is -0.116. The van der Waals surface area contributed by atoms with Crippen molar-refractivity contribution in [2.75, 3.05) is 17.2 Å². The highest BCUT2D eigenvalue weighted by atomic mass is 32.2. The molecule has 2 amide bonds. The predicted octanol–water partition coefficient (Wildman–Crippen LogP) is 6.64. The summed E-state index contributed by atoms with van der Waals surface area (Å²) < 4.78 is 5.50. The SMILES string of the molecule is CCOc1ccc(-c2csc(NC(=O)C(Sc3ccc(NC(C)=O)cc3)c3ccccc3)n2)cc1. The van der Waals surface area contributed by atoms with E-state index in [2.05, 4.69) is 15.6 Å². The normalized spacial score (nSPS) is 11.5. The van der Waals surface area contributed by atoms with Crippen LogP contribution < -0.4 is 15.4 Å². The third-order valence-electron chi connectivity index (χ3n) is 4.96. The van der Waals surface area contributed by atoms with Gasteiger partial charge in [-0.2, -0.15) is 0 Å². The Bertz CT molecular complexity index is 1270. The third kappa shape index (κ3) is 6.71. The van der Waals surface area contributed by atoms with Crippen molar-refractivity contribution in [3.05, 3.63) is 89.8 Å². The minimum Gasteiger partial charge on any atom is -0.494 e. The molecule has 178 valence electrons. The second-order valence-corrected chi connectivity index (χ2v) is 9.64. The van der Waals surface area contributed by atoms with Gasteiger partial charge in [-0.15, -0.1) is 23.1 Å². The van der Waals surface area contributed by atoms with Crippen molar-refractivity contribution in [3.63, 3.8) is 0 Å². The molecule has 0 aliphatic rings. The number of aromatic nitrogens is 1. The third-order valence-corrected chi connectivity index (χ3v) is 6.99. The Morgan fingerprint density at radius 2 is 1.69 bits per heavy atom. The number of nitrogens with zero attached hydrogens (tertiary/aromatic N) is 1. The van der Waals surface area contributed by atoms with Crippen LogP contribution in [0, 0.1) is 0 Å². The van der Waals surface area contributed by atoms with E-state index in [0.717, 1.165) is 27.5 Å². The van der Waals surface area contributed by atoms with Crippen molar-refractivity contribution in [1.82, 2.24) is 4.98 Å². The van der Waals surface area contributed by atoms with Gasteiger partial charge in [0.1, 0.15) is 11.0 Å². The van der Waals surface area contributed by atoms with E-state index in [9.17, 15) is 9.59 Å². The number of ether oxygens (including phenoxy) is 1. The van der Waals surface area contributed by atoms with Crippen LogP contribution in [-0.4, -0.2) is 23.4 Å². The summed E-state index contributed by atoms with van der Waals surface area (Å²) in [4.78, 5) is 30.2. The van der Waals surface area contributed by atoms with E-state index in [0.29, 0.717) is 17.4 Å². The molecule has 0 saturated heterocycles. The zero-order valence-electron chi connectivity index (χ0n) is 19.4. The number of amides is 2. The molecule has 0 bridgehead atoms. The van der Waals surface area contributed by atoms with Crippen LogP contribution >= 0.6 is 23.1 Å². The van der Waals surface area contributed by atoms with Crippen molar-refractivity contribution < 1.29 is 14.3 Å². The number of thioether (sulfide) groups is 1. The van der Waals surface area contributed by atoms with Gasteiger partial charge in [0.15, 0.2) is 5.13 Å². The molecule has 0 aliphatic heterocycles. The monoisotopic (exact) mass is 503 g/mol. The van der Waals surface area contributed by atoms with Crippen LogP contribution in [-0.2, 0) is 9.59 Å². The van der Waals surface area contributed by atoms with Gasteiger partial charge in [-0.3, -0.25) is 9.59 Å². The molecule has 2 N–H and O–H groups in total. The summed E-state index contributed by atoms with van der Waals surface area (Å²) >= 11 is 2.83. The zero-order chi connectivity index (χ0) is 24.6. The van der Waals surface area contributed by atoms with Gasteiger partial charge < -0.3 is 15.4 Å². The predicted molar refractivity (Wildman–Crippen MR) is 143 cm³/mol. The van der Waals surface area contributed by atoms with Crippen molar-refractivity contribution in [2.24, 2.45) is 0 Å². The smallest absolute Gasteiger partial charge is 0.244 e. The topological polar surface area (TPSA) is 80.3 Å². The Morgan fingerprint density at radius 3 is 2.34 bits per heavy atom. The largest absolute Gasteiger partial charge is 0.494 e. The van der Waals surface area contributed by atoms with Crippen LogP contribution in [0.15, 0.2) is 89.1 Å². The molecule has 0 aliphatic carbocycles. The summed E-state index contributed by atoms with van der Waals surface area (Å²) in [5.74, 6) is 0.535. The highest BCUT2D eigenvalue weighted by Gasteiger charge is 2.23. The number of hydrogen-bond donors (Lipinski definition) is 2. The maximum Gasteiger partial charge on any atom is 0.244 e. The van der Waals surface area contributed by atoms with Crippen LogP contribution in [0.3, 0.4) is 0 Å². The standard InChI is InChI=1S/C27H25N3O3S2/c1-3-33-22-13-9-19(10-14-22)24-17-34-27(29-24)30-26(32)25(20-7-5-4-6-8-20)35-23-15-11-21(12-16-23)28-18(2)31/h4-17,25H,3H2,1-2H3,(H,28,31)(H,29,30,32). The van der Waals surface area contributed by atoms with Gasteiger partial charge in [0.25, 0.3) is 0 Å². The van der Waals surface area contributed by atoms with Gasteiger partial charge in [-0.25, -0.2) is 4.98 Å². The van der Waals surface area contributed by atoms with E-state index < -0.39 is 5.25 Å². The van der Waals surface area contributed by atoms with Crippen molar-refractivity contribution in [2.45, 2.75) is 24.0 Å². The first kappa shape index (κ1) is 24.5. The highest BCUT2D eigenvalue weighted by Crippen LogP contribution is 2.37. The van der Waals surface area contributed by atoms with Gasteiger partial charge >= 0.3 is 0 Å². The van der Waals surface area contributed by atoms with Crippen LogP contribution in [0.1, 0.15) is 24.7 Å². The first-order valence-electron chi connectivity index (χ1n) is 11.1. The van der Waals surface area contributed by atoms with Crippen LogP contribution in [0.2, 0.25) is 0 Å². The molecule has 0 radical (unpaired) electrons. The summed E-state index contributed by atoms with van der Waals surface area (Å²) in [7, 11) is 0. The van der Waals surface area contributed by atoms with E-state index in [1.165, 1.54) is 30.0 Å². The average Bonchev–Trinajstić information content (AvgIpc) is 3.33. The summed E-state index contributed by atoms with van der Waals surface area (Å²) in [5.41, 5.74) is 3.36. The summed E-state index contributed by atoms with van der Waals surface area (Å²) in [6.45, 7) is 4.04. The summed E-state index contributed by atoms with van der Waals surface area (Å²) in [6.07, 6.45) is 0. The number of benzene rings is 3. The Balaban J connectivity index is 1.49. The molecule has 0 spiro atoms. The average molecular weight is 504 g/mol. The van der Waals surface area contributed by atoms with Crippen LogP contribution in [0.5, 0.6) is 5.75 Å². The van der Waals surface area contributed by atoms with E-state index in [1.54, 1.807) is 0 Å². The summed E-state index contributed by atoms with van der Waals surface area (Å²) in [6, 6.07) is 24.8. The molecule has 4 rings (SSSR count). The Labute approximate surface area is 212 Å². The van der Waals surface area contributed by atoms with E-state index in [4.69, 9.17) is 4.74 Å². The molecule has 1 atom stereocenters. The van der Waals surface area contributed by atoms with Crippen molar-refractivity contribution >= 4 is 45.7 Å². The maximum atomic E-state index is 13.4. The molecule has 4 aromatic rings. The molecular formula is C27H25N3O3S2. The molecule has 8 heteroatoms. The van der Waals surface area contributed by atoms with Gasteiger partial charge in [0, 0.05) is 28.5 Å². The van der Waals surface area contributed by atoms with Crippen LogP contribution in [0.4, 0.5) is 10.8 Å². The number of nitrogens with one attached hydrogen (secondary N) is 2. The van der Waals surface area contributed by atoms with Crippen molar-refractivity contribution in [3.8, 4) is 17.0 Å². The highest BCUT2D eigenvalue weighted by molar-refractivity contribution is 8.00. The molecule has 0 fully saturated rings. The molecular weight excluding hydrogens is 478 g/mol. The van der Waals surface area contributed by atoms with E-state index >= 15 is 0 Å². The van der Waals surface area contributed by atoms with Crippen LogP contribution in [0.25, 0.3) is 11.3 Å². The molecule has 1 unspecified atom stereocenters. The van der Waals surface area contributed by atoms with Gasteiger partial charge in [-0.1, -0.05) is 30.3 Å². The molecule has 35 heavy (non-hydrogen) atoms. The van der Waals surface area contributed by atoms with Gasteiger partial charge in [0.2, 0.25) is 11.8 Å². The second-order valence-electron chi connectivity index (χ2n) is 7.60. The molecule has 6 nitrogen and oxygen atoms in total. The second kappa shape index (κ2) is 11.7. The Kier molecular flexibility index (Phi) is 8.18. The number of thiazole rings is 1. The quantitative estimate of drug-likeness (QED) is 0.250. The lowest BCUT2D eigenvalue weighted by Gasteiger charge is -2.16. The molecule has 1 aromatic heterocycles. The Morgan fingerprint density at radius 1 is 0.971 bits per heavy atom. The number of hydrogen-bond acceptors (Lipinski definition) is 6. The van der Waals surface area contributed by atoms with E-state index in [1.807, 2.05) is 91.2 Å². The number of anilines is 2. The molecule has 1 heterocycles. The maximum absolute atomic E-state index is 13.4. The number of rotatable bonds is 9. The molecule has 3 aromatic carbocycles. The fourth-order valence-electron chi connectivity index (χ4n) is 3.38. The molecule has 0 saturated carbocycles. The fraction of sp³-hybridized carbons (Fsp3) is 0.148. The minimum absolute atomic E-state index is 0.125. The van der Waals surface area contributed by atoms with Gasteiger partial charge in [-0.05, 0) is 61.0 Å².